The molecule has 0 atom stereocenters. The first-order valence-electron chi connectivity index (χ1n) is 11.0. The molecule has 2 N–H and O–H groups in total. The van der Waals surface area contributed by atoms with Gasteiger partial charge in [0.1, 0.15) is 17.3 Å². The van der Waals surface area contributed by atoms with Gasteiger partial charge in [0.15, 0.2) is 5.65 Å². The van der Waals surface area contributed by atoms with Crippen LogP contribution in [0.2, 0.25) is 0 Å². The van der Waals surface area contributed by atoms with Gasteiger partial charge in [-0.25, -0.2) is 9.37 Å². The van der Waals surface area contributed by atoms with Crippen molar-refractivity contribution in [2.75, 3.05) is 18.4 Å². The van der Waals surface area contributed by atoms with Gasteiger partial charge < -0.3 is 15.2 Å². The van der Waals surface area contributed by atoms with Crippen LogP contribution in [0.3, 0.4) is 0 Å². The van der Waals surface area contributed by atoms with E-state index in [4.69, 9.17) is 4.98 Å². The number of aromatic amines is 1. The second kappa shape index (κ2) is 7.62. The summed E-state index contributed by atoms with van der Waals surface area (Å²) in [7, 11) is 0. The number of benzene rings is 1. The molecule has 1 aliphatic rings. The van der Waals surface area contributed by atoms with E-state index >= 15 is 0 Å². The van der Waals surface area contributed by atoms with Gasteiger partial charge >= 0.3 is 0 Å². The summed E-state index contributed by atoms with van der Waals surface area (Å²) >= 11 is 0. The van der Waals surface area contributed by atoms with Crippen LogP contribution in [-0.4, -0.2) is 48.8 Å². The Hall–Kier alpha value is -3.42. The number of amides is 1. The van der Waals surface area contributed by atoms with Gasteiger partial charge in [0.2, 0.25) is 0 Å². The topological polar surface area (TPSA) is 78.3 Å². The maximum absolute atomic E-state index is 14.0. The van der Waals surface area contributed by atoms with Crippen molar-refractivity contribution in [3.05, 3.63) is 60.1 Å². The molecular weight excluding hydrogens is 407 g/mol. The molecule has 4 aromatic rings. The molecule has 0 radical (unpaired) electrons. The molecule has 0 bridgehead atoms. The minimum atomic E-state index is -0.322. The Kier molecular flexibility index (Phi) is 4.87. The number of imidazole rings is 1. The predicted octanol–water partition coefficient (Wildman–Crippen LogP) is 4.58. The number of H-pyrrole nitrogens is 1. The number of carbonyl (C=O) groups excluding carboxylic acids is 1. The average molecular weight is 435 g/mol. The van der Waals surface area contributed by atoms with Crippen LogP contribution >= 0.6 is 0 Å². The molecular formula is C24H27FN6O. The fourth-order valence-corrected chi connectivity index (χ4v) is 4.45. The molecule has 7 nitrogen and oxygen atoms in total. The van der Waals surface area contributed by atoms with Crippen molar-refractivity contribution in [3.8, 4) is 0 Å². The van der Waals surface area contributed by atoms with E-state index in [0.717, 1.165) is 30.0 Å². The number of piperidine rings is 1. The number of nitrogens with one attached hydrogen (secondary N) is 2. The molecule has 0 spiro atoms. The van der Waals surface area contributed by atoms with Gasteiger partial charge in [0.25, 0.3) is 5.91 Å². The summed E-state index contributed by atoms with van der Waals surface area (Å²) in [6, 6.07) is 6.44. The number of aromatic nitrogens is 4. The molecule has 0 unspecified atom stereocenters. The Balaban J connectivity index is 1.36. The van der Waals surface area contributed by atoms with Crippen LogP contribution in [0.5, 0.6) is 0 Å². The third kappa shape index (κ3) is 3.70. The summed E-state index contributed by atoms with van der Waals surface area (Å²) < 4.78 is 16.1. The molecule has 8 heteroatoms. The average Bonchev–Trinajstić information content (AvgIpc) is 3.35. The molecule has 0 saturated carbocycles. The first kappa shape index (κ1) is 20.5. The lowest BCUT2D eigenvalue weighted by Gasteiger charge is -2.32. The number of nitrogens with zero attached hydrogens (tertiary/aromatic N) is 4. The summed E-state index contributed by atoms with van der Waals surface area (Å²) in [4.78, 5) is 27.0. The van der Waals surface area contributed by atoms with Crippen LogP contribution in [0.25, 0.3) is 16.6 Å². The van der Waals surface area contributed by atoms with Gasteiger partial charge in [-0.1, -0.05) is 6.07 Å². The Morgan fingerprint density at radius 2 is 2.03 bits per heavy atom. The van der Waals surface area contributed by atoms with Crippen LogP contribution < -0.4 is 5.32 Å². The minimum Gasteiger partial charge on any atom is -0.365 e. The largest absolute Gasteiger partial charge is 0.365 e. The molecule has 1 aromatic carbocycles. The van der Waals surface area contributed by atoms with E-state index in [1.54, 1.807) is 30.6 Å². The van der Waals surface area contributed by atoms with Crippen LogP contribution in [0.1, 0.15) is 55.7 Å². The van der Waals surface area contributed by atoms with Gasteiger partial charge in [-0.05, 0) is 51.8 Å². The fourth-order valence-electron chi connectivity index (χ4n) is 4.45. The highest BCUT2D eigenvalue weighted by Gasteiger charge is 2.30. The lowest BCUT2D eigenvalue weighted by molar-refractivity contribution is 0.0707. The monoisotopic (exact) mass is 434 g/mol. The van der Waals surface area contributed by atoms with E-state index in [-0.39, 0.29) is 23.2 Å². The molecule has 1 amide bonds. The van der Waals surface area contributed by atoms with Gasteiger partial charge in [0.05, 0.1) is 11.9 Å². The number of hydrogen-bond donors (Lipinski definition) is 2. The first-order valence-corrected chi connectivity index (χ1v) is 11.0. The molecule has 5 rings (SSSR count). The summed E-state index contributed by atoms with van der Waals surface area (Å²) in [5, 5.41) is 4.05. The lowest BCUT2D eigenvalue weighted by Crippen LogP contribution is -2.38. The number of hydrogen-bond acceptors (Lipinski definition) is 4. The summed E-state index contributed by atoms with van der Waals surface area (Å²) in [5.41, 5.74) is 2.78. The van der Waals surface area contributed by atoms with Crippen molar-refractivity contribution in [2.24, 2.45) is 0 Å². The number of anilines is 1. The molecule has 1 aliphatic heterocycles. The fraction of sp³-hybridized carbons (Fsp3) is 0.375. The standard InChI is InChI=1S/C24H27FN6O/c1-24(2,3)29-22-21(28-20-14-26-9-12-31(20)22)15-7-10-30(11-8-15)23(32)19-13-16-17(25)5-4-6-18(16)27-19/h4-6,9,12-15,27,29H,7-8,10-11H2,1-3H3. The van der Waals surface area contributed by atoms with Crippen molar-refractivity contribution in [3.63, 3.8) is 0 Å². The van der Waals surface area contributed by atoms with E-state index < -0.39 is 0 Å². The third-order valence-corrected chi connectivity index (χ3v) is 5.96. The second-order valence-electron chi connectivity index (χ2n) is 9.48. The maximum Gasteiger partial charge on any atom is 0.270 e. The minimum absolute atomic E-state index is 0.0914. The van der Waals surface area contributed by atoms with Crippen LogP contribution in [-0.2, 0) is 0 Å². The van der Waals surface area contributed by atoms with Crippen molar-refractivity contribution >= 4 is 28.3 Å². The first-order chi connectivity index (χ1) is 15.3. The molecule has 1 saturated heterocycles. The highest BCUT2D eigenvalue weighted by molar-refractivity contribution is 5.98. The smallest absolute Gasteiger partial charge is 0.270 e. The SMILES string of the molecule is CC(C)(C)Nc1c(C2CCN(C(=O)c3cc4c(F)cccc4[nH]3)CC2)nc2cnccn12. The van der Waals surface area contributed by atoms with E-state index in [2.05, 4.69) is 36.1 Å². The van der Waals surface area contributed by atoms with E-state index in [0.29, 0.717) is 29.7 Å². The molecule has 166 valence electrons. The zero-order chi connectivity index (χ0) is 22.5. The van der Waals surface area contributed by atoms with Crippen molar-refractivity contribution in [1.82, 2.24) is 24.3 Å². The Labute approximate surface area is 185 Å². The molecule has 4 heterocycles. The van der Waals surface area contributed by atoms with Crippen molar-refractivity contribution < 1.29 is 9.18 Å². The summed E-state index contributed by atoms with van der Waals surface area (Å²) in [5.74, 6) is 0.817. The van der Waals surface area contributed by atoms with E-state index in [9.17, 15) is 9.18 Å². The Morgan fingerprint density at radius 1 is 1.25 bits per heavy atom. The van der Waals surface area contributed by atoms with Gasteiger partial charge in [-0.15, -0.1) is 0 Å². The van der Waals surface area contributed by atoms with Crippen LogP contribution in [0, 0.1) is 5.82 Å². The van der Waals surface area contributed by atoms with E-state index in [1.165, 1.54) is 6.07 Å². The predicted molar refractivity (Wildman–Crippen MR) is 122 cm³/mol. The van der Waals surface area contributed by atoms with E-state index in [1.807, 2.05) is 15.5 Å². The number of fused-ring (bicyclic) bond motifs is 2. The normalized spacial score (nSPS) is 15.6. The number of rotatable bonds is 3. The molecule has 3 aromatic heterocycles. The van der Waals surface area contributed by atoms with Crippen LogP contribution in [0.4, 0.5) is 10.2 Å². The molecule has 32 heavy (non-hydrogen) atoms. The second-order valence-corrected chi connectivity index (χ2v) is 9.48. The zero-order valence-electron chi connectivity index (χ0n) is 18.5. The quantitative estimate of drug-likeness (QED) is 0.495. The maximum atomic E-state index is 14.0. The van der Waals surface area contributed by atoms with Gasteiger partial charge in [-0.3, -0.25) is 14.2 Å². The number of likely N-dealkylation sites (tertiary alicyclic amines) is 1. The van der Waals surface area contributed by atoms with Gasteiger partial charge in [0, 0.05) is 47.8 Å². The van der Waals surface area contributed by atoms with Crippen LogP contribution in [0.15, 0.2) is 42.9 Å². The highest BCUT2D eigenvalue weighted by Crippen LogP contribution is 2.34. The Morgan fingerprint density at radius 3 is 2.75 bits per heavy atom. The lowest BCUT2D eigenvalue weighted by atomic mass is 9.92. The molecule has 0 aliphatic carbocycles. The summed E-state index contributed by atoms with van der Waals surface area (Å²) in [6.45, 7) is 7.64. The summed E-state index contributed by atoms with van der Waals surface area (Å²) in [6.07, 6.45) is 7.09. The highest BCUT2D eigenvalue weighted by atomic mass is 19.1. The number of halogens is 1. The van der Waals surface area contributed by atoms with Gasteiger partial charge in [-0.2, -0.15) is 0 Å². The molecule has 1 fully saturated rings. The number of carbonyl (C=O) groups is 1. The zero-order valence-corrected chi connectivity index (χ0v) is 18.5. The third-order valence-electron chi connectivity index (χ3n) is 5.96. The van der Waals surface area contributed by atoms with Crippen molar-refractivity contribution in [1.29, 1.82) is 0 Å². The Bertz CT molecular complexity index is 1290. The van der Waals surface area contributed by atoms with Crippen molar-refractivity contribution in [2.45, 2.75) is 45.1 Å².